The molecule has 0 spiro atoms. The molecular formula is C14H18ClNO2. The van der Waals surface area contributed by atoms with Crippen LogP contribution >= 0.6 is 11.6 Å². The van der Waals surface area contributed by atoms with Crippen LogP contribution in [-0.4, -0.2) is 9.92 Å². The Kier molecular flexibility index (Phi) is 5.86. The molecule has 0 N–H and O–H groups in total. The second kappa shape index (κ2) is 7.17. The summed E-state index contributed by atoms with van der Waals surface area (Å²) in [6, 6.07) is 9.69. The molecule has 0 saturated carbocycles. The fourth-order valence-electron chi connectivity index (χ4n) is 1.66. The van der Waals surface area contributed by atoms with Crippen LogP contribution in [-0.2, 0) is 0 Å². The van der Waals surface area contributed by atoms with Crippen molar-refractivity contribution in [3.8, 4) is 0 Å². The molecule has 0 saturated heterocycles. The molecule has 4 heteroatoms. The van der Waals surface area contributed by atoms with Gasteiger partial charge in [0.2, 0.25) is 0 Å². The largest absolute Gasteiger partial charge is 0.298 e. The Bertz CT molecular complexity index is 406. The average molecular weight is 268 g/mol. The summed E-state index contributed by atoms with van der Waals surface area (Å²) in [5.74, 6) is 0. The van der Waals surface area contributed by atoms with Crippen LogP contribution in [0, 0.1) is 10.1 Å². The summed E-state index contributed by atoms with van der Waals surface area (Å²) in [6.07, 6.45) is 5.97. The van der Waals surface area contributed by atoms with E-state index >= 15 is 0 Å². The third kappa shape index (κ3) is 4.49. The van der Waals surface area contributed by atoms with E-state index < -0.39 is 5.00 Å². The van der Waals surface area contributed by atoms with Crippen molar-refractivity contribution in [3.63, 3.8) is 0 Å². The SMILES string of the molecule is CCCCC(Cl)(CC=Cc1ccccc1)[N+](=O)[O-]. The summed E-state index contributed by atoms with van der Waals surface area (Å²) in [5, 5.41) is 11.0. The standard InChI is InChI=1S/C14H18ClNO2/c1-2-3-11-14(15,16(17)18)12-7-10-13-8-5-4-6-9-13/h4-10H,2-3,11-12H2,1H3. The molecule has 0 bridgehead atoms. The molecule has 0 fully saturated rings. The third-order valence-electron chi connectivity index (χ3n) is 2.78. The Morgan fingerprint density at radius 3 is 2.61 bits per heavy atom. The van der Waals surface area contributed by atoms with Crippen LogP contribution in [0.4, 0.5) is 0 Å². The predicted molar refractivity (Wildman–Crippen MR) is 75.2 cm³/mol. The average Bonchev–Trinajstić information content (AvgIpc) is 2.37. The minimum absolute atomic E-state index is 0.246. The van der Waals surface area contributed by atoms with Gasteiger partial charge in [-0.15, -0.1) is 0 Å². The summed E-state index contributed by atoms with van der Waals surface area (Å²) in [7, 11) is 0. The van der Waals surface area contributed by atoms with Crippen molar-refractivity contribution in [1.82, 2.24) is 0 Å². The van der Waals surface area contributed by atoms with Gasteiger partial charge in [0.1, 0.15) is 0 Å². The normalized spacial score (nSPS) is 14.6. The number of unbranched alkanes of at least 4 members (excludes halogenated alkanes) is 1. The molecule has 1 rings (SSSR count). The maximum Gasteiger partial charge on any atom is 0.298 e. The Hall–Kier alpha value is -1.35. The topological polar surface area (TPSA) is 43.1 Å². The van der Waals surface area contributed by atoms with Crippen molar-refractivity contribution in [2.24, 2.45) is 0 Å². The maximum absolute atomic E-state index is 11.0. The molecule has 98 valence electrons. The molecule has 0 amide bonds. The molecule has 3 nitrogen and oxygen atoms in total. The van der Waals surface area contributed by atoms with Gasteiger partial charge in [-0.2, -0.15) is 0 Å². The second-order valence-electron chi connectivity index (χ2n) is 4.30. The Morgan fingerprint density at radius 1 is 1.39 bits per heavy atom. The lowest BCUT2D eigenvalue weighted by Crippen LogP contribution is -2.31. The van der Waals surface area contributed by atoms with Crippen molar-refractivity contribution in [1.29, 1.82) is 0 Å². The van der Waals surface area contributed by atoms with E-state index in [1.807, 2.05) is 43.3 Å². The molecule has 18 heavy (non-hydrogen) atoms. The van der Waals surface area contributed by atoms with Crippen molar-refractivity contribution in [3.05, 3.63) is 52.1 Å². The first-order valence-corrected chi connectivity index (χ1v) is 6.51. The van der Waals surface area contributed by atoms with Crippen LogP contribution in [0.25, 0.3) is 6.08 Å². The van der Waals surface area contributed by atoms with E-state index in [4.69, 9.17) is 11.6 Å². The smallest absolute Gasteiger partial charge is 0.263 e. The lowest BCUT2D eigenvalue weighted by Gasteiger charge is -2.16. The molecular weight excluding hydrogens is 250 g/mol. The van der Waals surface area contributed by atoms with Crippen LogP contribution in [0.2, 0.25) is 0 Å². The molecule has 1 aromatic carbocycles. The quantitative estimate of drug-likeness (QED) is 0.316. The first-order chi connectivity index (χ1) is 8.58. The number of alkyl halides is 1. The van der Waals surface area contributed by atoms with Crippen LogP contribution in [0.3, 0.4) is 0 Å². The van der Waals surface area contributed by atoms with Gasteiger partial charge in [0.15, 0.2) is 0 Å². The highest BCUT2D eigenvalue weighted by molar-refractivity contribution is 6.22. The van der Waals surface area contributed by atoms with Crippen molar-refractivity contribution in [2.75, 3.05) is 0 Å². The van der Waals surface area contributed by atoms with Gasteiger partial charge < -0.3 is 0 Å². The summed E-state index contributed by atoms with van der Waals surface area (Å²) in [5.41, 5.74) is 1.02. The Morgan fingerprint density at radius 2 is 2.06 bits per heavy atom. The Balaban J connectivity index is 2.62. The van der Waals surface area contributed by atoms with Crippen molar-refractivity contribution < 1.29 is 4.92 Å². The van der Waals surface area contributed by atoms with E-state index in [1.54, 1.807) is 6.08 Å². The van der Waals surface area contributed by atoms with Crippen LogP contribution < -0.4 is 0 Å². The molecule has 0 aliphatic rings. The van der Waals surface area contributed by atoms with Crippen molar-refractivity contribution >= 4 is 17.7 Å². The number of hydrogen-bond acceptors (Lipinski definition) is 2. The first kappa shape index (κ1) is 14.7. The zero-order chi connectivity index (χ0) is 13.4. The minimum Gasteiger partial charge on any atom is -0.263 e. The summed E-state index contributed by atoms with van der Waals surface area (Å²) < 4.78 is 0. The third-order valence-corrected chi connectivity index (χ3v) is 3.26. The highest BCUT2D eigenvalue weighted by Crippen LogP contribution is 2.28. The molecule has 0 aromatic heterocycles. The summed E-state index contributed by atoms with van der Waals surface area (Å²) >= 11 is 6.07. The van der Waals surface area contributed by atoms with E-state index in [9.17, 15) is 10.1 Å². The summed E-state index contributed by atoms with van der Waals surface area (Å²) in [6.45, 7) is 2.00. The lowest BCUT2D eigenvalue weighted by molar-refractivity contribution is -0.542. The van der Waals surface area contributed by atoms with Gasteiger partial charge in [0.05, 0.1) is 6.42 Å². The molecule has 1 atom stereocenters. The number of hydrogen-bond donors (Lipinski definition) is 0. The number of rotatable bonds is 7. The van der Waals surface area contributed by atoms with Gasteiger partial charge in [-0.1, -0.05) is 55.8 Å². The minimum atomic E-state index is -1.36. The fraction of sp³-hybridized carbons (Fsp3) is 0.429. The molecule has 0 aliphatic heterocycles. The zero-order valence-corrected chi connectivity index (χ0v) is 11.3. The van der Waals surface area contributed by atoms with Gasteiger partial charge >= 0.3 is 0 Å². The second-order valence-corrected chi connectivity index (χ2v) is 5.00. The Labute approximate surface area is 113 Å². The van der Waals surface area contributed by atoms with Crippen LogP contribution in [0.1, 0.15) is 38.2 Å². The van der Waals surface area contributed by atoms with Crippen LogP contribution in [0.15, 0.2) is 36.4 Å². The van der Waals surface area contributed by atoms with Crippen molar-refractivity contribution in [2.45, 2.75) is 37.6 Å². The van der Waals surface area contributed by atoms with Gasteiger partial charge in [0, 0.05) is 11.3 Å². The van der Waals surface area contributed by atoms with Gasteiger partial charge in [-0.25, -0.2) is 0 Å². The molecule has 0 aliphatic carbocycles. The van der Waals surface area contributed by atoms with Crippen LogP contribution in [0.5, 0.6) is 0 Å². The molecule has 1 unspecified atom stereocenters. The van der Waals surface area contributed by atoms with Gasteiger partial charge in [0.25, 0.3) is 5.00 Å². The number of benzene rings is 1. The predicted octanol–water partition coefficient (Wildman–Crippen LogP) is 4.49. The maximum atomic E-state index is 11.0. The zero-order valence-electron chi connectivity index (χ0n) is 10.5. The molecule has 0 radical (unpaired) electrons. The molecule has 1 aromatic rings. The van der Waals surface area contributed by atoms with Gasteiger partial charge in [-0.3, -0.25) is 10.1 Å². The highest BCUT2D eigenvalue weighted by Gasteiger charge is 2.38. The molecule has 0 heterocycles. The fourth-order valence-corrected chi connectivity index (χ4v) is 1.88. The van der Waals surface area contributed by atoms with E-state index in [2.05, 4.69) is 0 Å². The monoisotopic (exact) mass is 267 g/mol. The first-order valence-electron chi connectivity index (χ1n) is 6.13. The van der Waals surface area contributed by atoms with E-state index in [0.29, 0.717) is 6.42 Å². The number of nitrogens with zero attached hydrogens (tertiary/aromatic N) is 1. The number of nitro groups is 1. The van der Waals surface area contributed by atoms with E-state index in [1.165, 1.54) is 0 Å². The highest BCUT2D eigenvalue weighted by atomic mass is 35.5. The van der Waals surface area contributed by atoms with E-state index in [0.717, 1.165) is 18.4 Å². The summed E-state index contributed by atoms with van der Waals surface area (Å²) in [4.78, 5) is 9.27. The number of halogens is 1. The lowest BCUT2D eigenvalue weighted by atomic mass is 10.1. The van der Waals surface area contributed by atoms with E-state index in [-0.39, 0.29) is 11.3 Å². The van der Waals surface area contributed by atoms with Gasteiger partial charge in [-0.05, 0) is 23.6 Å².